The van der Waals surface area contributed by atoms with Crippen LogP contribution in [0.25, 0.3) is 16.8 Å². The van der Waals surface area contributed by atoms with Gasteiger partial charge < -0.3 is 14.6 Å². The molecule has 144 valence electrons. The molecule has 5 rings (SSSR count). The largest absolute Gasteiger partial charge is 0.477 e. The Morgan fingerprint density at radius 3 is 2.66 bits per heavy atom. The molecule has 0 radical (unpaired) electrons. The van der Waals surface area contributed by atoms with E-state index in [0.29, 0.717) is 11.2 Å². The van der Waals surface area contributed by atoms with E-state index < -0.39 is 11.5 Å². The summed E-state index contributed by atoms with van der Waals surface area (Å²) >= 11 is 0. The van der Waals surface area contributed by atoms with E-state index in [9.17, 15) is 9.59 Å². The molecule has 0 bridgehead atoms. The SMILES string of the molecule is O=C(O)c1cnc2c(-c3ccc(Cc4ccc5c(c4)OCO5)cc3)c[nH]n2c1=O. The molecule has 29 heavy (non-hydrogen) atoms. The number of fused-ring (bicyclic) bond motifs is 2. The van der Waals surface area contributed by atoms with Crippen molar-refractivity contribution in [3.05, 3.63) is 81.9 Å². The van der Waals surface area contributed by atoms with Crippen LogP contribution in [-0.4, -0.2) is 32.5 Å². The van der Waals surface area contributed by atoms with E-state index in [1.54, 1.807) is 6.20 Å². The summed E-state index contributed by atoms with van der Waals surface area (Å²) in [7, 11) is 0. The average molecular weight is 389 g/mol. The number of carbonyl (C=O) groups is 1. The number of nitrogens with zero attached hydrogens (tertiary/aromatic N) is 2. The van der Waals surface area contributed by atoms with Gasteiger partial charge in [0, 0.05) is 18.0 Å². The first kappa shape index (κ1) is 17.1. The summed E-state index contributed by atoms with van der Waals surface area (Å²) in [4.78, 5) is 27.5. The normalized spacial score (nSPS) is 12.4. The Balaban J connectivity index is 1.44. The number of benzene rings is 2. The van der Waals surface area contributed by atoms with Crippen LogP contribution in [0.1, 0.15) is 21.5 Å². The number of hydrogen-bond acceptors (Lipinski definition) is 5. The third-order valence-corrected chi connectivity index (χ3v) is 4.88. The quantitative estimate of drug-likeness (QED) is 0.556. The molecule has 0 amide bonds. The monoisotopic (exact) mass is 389 g/mol. The van der Waals surface area contributed by atoms with Crippen LogP contribution in [0.2, 0.25) is 0 Å². The predicted octanol–water partition coefficient (Wildman–Crippen LogP) is 2.71. The number of carboxylic acids is 1. The Morgan fingerprint density at radius 2 is 1.86 bits per heavy atom. The van der Waals surface area contributed by atoms with Crippen molar-refractivity contribution in [2.24, 2.45) is 0 Å². The standard InChI is InChI=1S/C21H15N3O5/c25-20-16(21(26)27)9-22-19-15(10-23-24(19)20)14-4-1-12(2-5-14)7-13-3-6-17-18(8-13)29-11-28-17/h1-6,8-10,23H,7,11H2,(H,26,27). The van der Waals surface area contributed by atoms with Gasteiger partial charge in [-0.2, -0.15) is 0 Å². The minimum atomic E-state index is -1.30. The van der Waals surface area contributed by atoms with E-state index >= 15 is 0 Å². The molecule has 2 aromatic carbocycles. The Morgan fingerprint density at radius 1 is 1.10 bits per heavy atom. The van der Waals surface area contributed by atoms with Gasteiger partial charge in [0.25, 0.3) is 5.56 Å². The van der Waals surface area contributed by atoms with Crippen molar-refractivity contribution in [1.82, 2.24) is 14.6 Å². The summed E-state index contributed by atoms with van der Waals surface area (Å²) in [5.74, 6) is 0.216. The summed E-state index contributed by atoms with van der Waals surface area (Å²) in [6.45, 7) is 0.253. The number of carboxylic acid groups (broad SMARTS) is 1. The van der Waals surface area contributed by atoms with Crippen molar-refractivity contribution in [1.29, 1.82) is 0 Å². The lowest BCUT2D eigenvalue weighted by molar-refractivity contribution is 0.0694. The molecule has 4 aromatic rings. The Labute approximate surface area is 164 Å². The van der Waals surface area contributed by atoms with Crippen LogP contribution in [-0.2, 0) is 6.42 Å². The van der Waals surface area contributed by atoms with E-state index in [1.165, 1.54) is 0 Å². The Bertz CT molecular complexity index is 1300. The van der Waals surface area contributed by atoms with Gasteiger partial charge in [0.1, 0.15) is 5.56 Å². The molecule has 2 N–H and O–H groups in total. The number of aromatic carboxylic acids is 1. The Hall–Kier alpha value is -4.07. The second-order valence-electron chi connectivity index (χ2n) is 6.69. The fourth-order valence-electron chi connectivity index (χ4n) is 3.41. The molecule has 0 atom stereocenters. The average Bonchev–Trinajstić information content (AvgIpc) is 3.35. The zero-order valence-electron chi connectivity index (χ0n) is 15.1. The Kier molecular flexibility index (Phi) is 3.83. The highest BCUT2D eigenvalue weighted by Gasteiger charge is 2.16. The number of hydrogen-bond donors (Lipinski definition) is 2. The summed E-state index contributed by atoms with van der Waals surface area (Å²) in [6, 6.07) is 13.8. The first-order chi connectivity index (χ1) is 14.1. The molecule has 0 unspecified atom stereocenters. The van der Waals surface area contributed by atoms with Crippen molar-refractivity contribution < 1.29 is 19.4 Å². The van der Waals surface area contributed by atoms with E-state index in [4.69, 9.17) is 14.6 Å². The molecular formula is C21H15N3O5. The highest BCUT2D eigenvalue weighted by molar-refractivity contribution is 5.87. The second-order valence-corrected chi connectivity index (χ2v) is 6.69. The van der Waals surface area contributed by atoms with E-state index in [2.05, 4.69) is 10.1 Å². The summed E-state index contributed by atoms with van der Waals surface area (Å²) in [5.41, 5.74) is 3.17. The molecule has 1 aliphatic rings. The van der Waals surface area contributed by atoms with E-state index in [-0.39, 0.29) is 12.4 Å². The van der Waals surface area contributed by atoms with Crippen molar-refractivity contribution in [3.8, 4) is 22.6 Å². The zero-order valence-corrected chi connectivity index (χ0v) is 15.1. The topological polar surface area (TPSA) is 106 Å². The third kappa shape index (κ3) is 2.91. The molecule has 1 aliphatic heterocycles. The van der Waals surface area contributed by atoms with Gasteiger partial charge in [-0.15, -0.1) is 0 Å². The molecule has 0 aliphatic carbocycles. The van der Waals surface area contributed by atoms with Crippen LogP contribution in [0.3, 0.4) is 0 Å². The summed E-state index contributed by atoms with van der Waals surface area (Å²) in [5, 5.41) is 11.9. The van der Waals surface area contributed by atoms with Gasteiger partial charge >= 0.3 is 5.97 Å². The number of rotatable bonds is 4. The lowest BCUT2D eigenvalue weighted by Gasteiger charge is -2.05. The molecule has 8 heteroatoms. The molecule has 2 aromatic heterocycles. The maximum atomic E-state index is 12.2. The van der Waals surface area contributed by atoms with Gasteiger partial charge in [-0.05, 0) is 35.2 Å². The van der Waals surface area contributed by atoms with Crippen LogP contribution < -0.4 is 15.0 Å². The smallest absolute Gasteiger partial charge is 0.343 e. The predicted molar refractivity (Wildman–Crippen MR) is 104 cm³/mol. The van der Waals surface area contributed by atoms with Gasteiger partial charge in [0.2, 0.25) is 6.79 Å². The van der Waals surface area contributed by atoms with E-state index in [0.717, 1.165) is 45.3 Å². The van der Waals surface area contributed by atoms with Crippen LogP contribution in [0.4, 0.5) is 0 Å². The minimum absolute atomic E-state index is 0.253. The van der Waals surface area contributed by atoms with Gasteiger partial charge in [0.15, 0.2) is 17.1 Å². The van der Waals surface area contributed by atoms with Gasteiger partial charge in [-0.25, -0.2) is 14.3 Å². The number of ether oxygens (including phenoxy) is 2. The van der Waals surface area contributed by atoms with Gasteiger partial charge in [-0.3, -0.25) is 9.89 Å². The third-order valence-electron chi connectivity index (χ3n) is 4.88. The van der Waals surface area contributed by atoms with Crippen LogP contribution >= 0.6 is 0 Å². The van der Waals surface area contributed by atoms with Crippen molar-refractivity contribution in [3.63, 3.8) is 0 Å². The fraction of sp³-hybridized carbons (Fsp3) is 0.0952. The molecule has 0 saturated heterocycles. The van der Waals surface area contributed by atoms with Crippen molar-refractivity contribution >= 4 is 11.6 Å². The van der Waals surface area contributed by atoms with Crippen LogP contribution in [0.15, 0.2) is 59.7 Å². The number of aromatic amines is 1. The summed E-state index contributed by atoms with van der Waals surface area (Å²) < 4.78 is 11.9. The lowest BCUT2D eigenvalue weighted by Crippen LogP contribution is -2.22. The number of nitrogens with one attached hydrogen (secondary N) is 1. The van der Waals surface area contributed by atoms with Gasteiger partial charge in [-0.1, -0.05) is 30.3 Å². The molecule has 0 saturated carbocycles. The number of H-pyrrole nitrogens is 1. The summed E-state index contributed by atoms with van der Waals surface area (Å²) in [6.07, 6.45) is 3.47. The second kappa shape index (κ2) is 6.52. The molecule has 0 fully saturated rings. The number of aromatic nitrogens is 3. The minimum Gasteiger partial charge on any atom is -0.477 e. The van der Waals surface area contributed by atoms with Crippen LogP contribution in [0, 0.1) is 0 Å². The lowest BCUT2D eigenvalue weighted by atomic mass is 10.0. The molecule has 3 heterocycles. The zero-order chi connectivity index (χ0) is 20.0. The highest BCUT2D eigenvalue weighted by Crippen LogP contribution is 2.33. The first-order valence-corrected chi connectivity index (χ1v) is 8.90. The highest BCUT2D eigenvalue weighted by atomic mass is 16.7. The van der Waals surface area contributed by atoms with Gasteiger partial charge in [0.05, 0.1) is 0 Å². The van der Waals surface area contributed by atoms with Crippen molar-refractivity contribution in [2.75, 3.05) is 6.79 Å². The maximum Gasteiger partial charge on any atom is 0.343 e. The fourth-order valence-corrected chi connectivity index (χ4v) is 3.41. The van der Waals surface area contributed by atoms with Crippen molar-refractivity contribution in [2.45, 2.75) is 6.42 Å². The molecule has 8 nitrogen and oxygen atoms in total. The van der Waals surface area contributed by atoms with Crippen LogP contribution in [0.5, 0.6) is 11.5 Å². The maximum absolute atomic E-state index is 12.2. The van der Waals surface area contributed by atoms with E-state index in [1.807, 2.05) is 42.5 Å². The molecule has 0 spiro atoms. The first-order valence-electron chi connectivity index (χ1n) is 8.90. The molecular weight excluding hydrogens is 374 g/mol.